The van der Waals surface area contributed by atoms with Crippen LogP contribution in [0.15, 0.2) is 24.3 Å². The van der Waals surface area contributed by atoms with Crippen LogP contribution in [0.2, 0.25) is 0 Å². The van der Waals surface area contributed by atoms with Crippen molar-refractivity contribution in [3.05, 3.63) is 30.1 Å². The first-order chi connectivity index (χ1) is 9.60. The van der Waals surface area contributed by atoms with E-state index in [9.17, 15) is 9.59 Å². The van der Waals surface area contributed by atoms with E-state index in [-0.39, 0.29) is 12.3 Å². The zero-order valence-electron chi connectivity index (χ0n) is 11.2. The molecule has 0 unspecified atom stereocenters. The van der Waals surface area contributed by atoms with E-state index < -0.39 is 12.0 Å². The van der Waals surface area contributed by atoms with Crippen molar-refractivity contribution in [1.29, 1.82) is 0 Å². The number of carboxylic acid groups (broad SMARTS) is 1. The summed E-state index contributed by atoms with van der Waals surface area (Å²) in [6.07, 6.45) is 1.03. The van der Waals surface area contributed by atoms with Crippen LogP contribution in [-0.4, -0.2) is 33.0 Å². The molecule has 0 bridgehead atoms. The highest BCUT2D eigenvalue weighted by Crippen LogP contribution is 2.11. The van der Waals surface area contributed by atoms with Gasteiger partial charge in [0.05, 0.1) is 11.0 Å². The minimum atomic E-state index is -1.01. The minimum absolute atomic E-state index is 0.212. The summed E-state index contributed by atoms with van der Waals surface area (Å²) in [5.74, 6) is -0.561. The summed E-state index contributed by atoms with van der Waals surface area (Å²) in [5.41, 5.74) is 1.79. The molecule has 6 heteroatoms. The second-order valence-electron chi connectivity index (χ2n) is 4.57. The number of carbonyl (C=O) groups excluding carboxylic acids is 1. The summed E-state index contributed by atoms with van der Waals surface area (Å²) in [4.78, 5) is 30.0. The molecular formula is C14H17N3O3. The average Bonchev–Trinajstić information content (AvgIpc) is 2.85. The molecule has 20 heavy (non-hydrogen) atoms. The van der Waals surface area contributed by atoms with Crippen molar-refractivity contribution >= 4 is 22.9 Å². The highest BCUT2D eigenvalue weighted by atomic mass is 16.4. The van der Waals surface area contributed by atoms with Crippen molar-refractivity contribution in [2.75, 3.05) is 0 Å². The number of para-hydroxylation sites is 2. The van der Waals surface area contributed by atoms with Crippen molar-refractivity contribution in [3.8, 4) is 0 Å². The van der Waals surface area contributed by atoms with Crippen molar-refractivity contribution < 1.29 is 14.7 Å². The highest BCUT2D eigenvalue weighted by Gasteiger charge is 2.17. The van der Waals surface area contributed by atoms with Gasteiger partial charge in [-0.3, -0.25) is 4.79 Å². The summed E-state index contributed by atoms with van der Waals surface area (Å²) < 4.78 is 0. The quantitative estimate of drug-likeness (QED) is 0.744. The average molecular weight is 275 g/mol. The fourth-order valence-electron chi connectivity index (χ4n) is 1.96. The Balaban J connectivity index is 1.91. The molecule has 0 radical (unpaired) electrons. The molecule has 1 aromatic heterocycles. The van der Waals surface area contributed by atoms with Crippen LogP contribution < -0.4 is 5.32 Å². The molecule has 1 heterocycles. The molecule has 0 saturated heterocycles. The van der Waals surface area contributed by atoms with E-state index in [4.69, 9.17) is 5.11 Å². The fourth-order valence-corrected chi connectivity index (χ4v) is 1.96. The molecular weight excluding hydrogens is 258 g/mol. The summed E-state index contributed by atoms with van der Waals surface area (Å²) in [6, 6.07) is 6.81. The Kier molecular flexibility index (Phi) is 4.34. The van der Waals surface area contributed by atoms with E-state index in [1.165, 1.54) is 0 Å². The molecule has 2 rings (SSSR count). The van der Waals surface area contributed by atoms with E-state index in [0.29, 0.717) is 12.8 Å². The van der Waals surface area contributed by atoms with Gasteiger partial charge in [0.15, 0.2) is 0 Å². The van der Waals surface area contributed by atoms with Crippen LogP contribution >= 0.6 is 0 Å². The van der Waals surface area contributed by atoms with E-state index in [0.717, 1.165) is 16.9 Å². The number of benzene rings is 1. The van der Waals surface area contributed by atoms with Crippen LogP contribution in [-0.2, 0) is 16.0 Å². The van der Waals surface area contributed by atoms with Crippen LogP contribution in [0.4, 0.5) is 0 Å². The third kappa shape index (κ3) is 3.34. The first-order valence-electron chi connectivity index (χ1n) is 6.56. The molecule has 1 amide bonds. The molecule has 1 aromatic carbocycles. The lowest BCUT2D eigenvalue weighted by Crippen LogP contribution is -2.40. The zero-order chi connectivity index (χ0) is 14.5. The Morgan fingerprint density at radius 2 is 2.15 bits per heavy atom. The smallest absolute Gasteiger partial charge is 0.326 e. The van der Waals surface area contributed by atoms with E-state index >= 15 is 0 Å². The monoisotopic (exact) mass is 275 g/mol. The standard InChI is InChI=1S/C14H17N3O3/c1-2-9(14(19)20)17-13(18)8-7-12-15-10-5-3-4-6-11(10)16-12/h3-6,9H,2,7-8H2,1H3,(H,15,16)(H,17,18)(H,19,20)/t9-/m0/s1. The number of amides is 1. The SMILES string of the molecule is CC[C@H](NC(=O)CCc1nc2ccccc2[nH]1)C(=O)O. The van der Waals surface area contributed by atoms with Gasteiger partial charge in [-0.15, -0.1) is 0 Å². The third-order valence-electron chi connectivity index (χ3n) is 3.07. The maximum atomic E-state index is 11.7. The van der Waals surface area contributed by atoms with Gasteiger partial charge in [-0.2, -0.15) is 0 Å². The van der Waals surface area contributed by atoms with Crippen molar-refractivity contribution in [2.24, 2.45) is 0 Å². The van der Waals surface area contributed by atoms with Gasteiger partial charge >= 0.3 is 5.97 Å². The first-order valence-corrected chi connectivity index (χ1v) is 6.56. The van der Waals surface area contributed by atoms with Crippen LogP contribution in [0.1, 0.15) is 25.6 Å². The number of aromatic nitrogens is 2. The first kappa shape index (κ1) is 14.0. The highest BCUT2D eigenvalue weighted by molar-refractivity contribution is 5.83. The van der Waals surface area contributed by atoms with Gasteiger partial charge in [0, 0.05) is 12.8 Å². The predicted molar refractivity (Wildman–Crippen MR) is 74.3 cm³/mol. The molecule has 0 saturated carbocycles. The molecule has 106 valence electrons. The van der Waals surface area contributed by atoms with Gasteiger partial charge in [0.25, 0.3) is 0 Å². The minimum Gasteiger partial charge on any atom is -0.480 e. The van der Waals surface area contributed by atoms with Crippen LogP contribution in [0.25, 0.3) is 11.0 Å². The molecule has 3 N–H and O–H groups in total. The van der Waals surface area contributed by atoms with E-state index in [1.807, 2.05) is 24.3 Å². The Morgan fingerprint density at radius 3 is 2.80 bits per heavy atom. The van der Waals surface area contributed by atoms with Gasteiger partial charge in [-0.05, 0) is 18.6 Å². The summed E-state index contributed by atoms with van der Waals surface area (Å²) in [6.45, 7) is 1.72. The topological polar surface area (TPSA) is 95.1 Å². The Labute approximate surface area is 116 Å². The summed E-state index contributed by atoms with van der Waals surface area (Å²) in [7, 11) is 0. The number of nitrogens with one attached hydrogen (secondary N) is 2. The van der Waals surface area contributed by atoms with Gasteiger partial charge < -0.3 is 15.4 Å². The lowest BCUT2D eigenvalue weighted by Gasteiger charge is -2.11. The molecule has 1 atom stereocenters. The predicted octanol–water partition coefficient (Wildman–Crippen LogP) is 1.47. The van der Waals surface area contributed by atoms with Gasteiger partial charge in [-0.25, -0.2) is 9.78 Å². The maximum absolute atomic E-state index is 11.7. The summed E-state index contributed by atoms with van der Waals surface area (Å²) >= 11 is 0. The molecule has 0 aliphatic rings. The zero-order valence-corrected chi connectivity index (χ0v) is 11.2. The lowest BCUT2D eigenvalue weighted by atomic mass is 10.2. The van der Waals surface area contributed by atoms with E-state index in [1.54, 1.807) is 6.92 Å². The van der Waals surface area contributed by atoms with E-state index in [2.05, 4.69) is 15.3 Å². The number of aryl methyl sites for hydroxylation is 1. The lowest BCUT2D eigenvalue weighted by molar-refractivity contribution is -0.141. The number of carbonyl (C=O) groups is 2. The van der Waals surface area contributed by atoms with Crippen molar-refractivity contribution in [1.82, 2.24) is 15.3 Å². The number of H-pyrrole nitrogens is 1. The number of hydrogen-bond donors (Lipinski definition) is 3. The molecule has 0 aliphatic carbocycles. The van der Waals surface area contributed by atoms with Crippen LogP contribution in [0, 0.1) is 0 Å². The maximum Gasteiger partial charge on any atom is 0.326 e. The number of fused-ring (bicyclic) bond motifs is 1. The van der Waals surface area contributed by atoms with Crippen LogP contribution in [0.5, 0.6) is 0 Å². The summed E-state index contributed by atoms with van der Waals surface area (Å²) in [5, 5.41) is 11.4. The Hall–Kier alpha value is -2.37. The van der Waals surface area contributed by atoms with Crippen molar-refractivity contribution in [2.45, 2.75) is 32.2 Å². The second-order valence-corrected chi connectivity index (χ2v) is 4.57. The molecule has 0 spiro atoms. The Bertz CT molecular complexity index is 588. The number of aliphatic carboxylic acids is 1. The number of rotatable bonds is 6. The second kappa shape index (κ2) is 6.18. The molecule has 6 nitrogen and oxygen atoms in total. The third-order valence-corrected chi connectivity index (χ3v) is 3.07. The Morgan fingerprint density at radius 1 is 1.40 bits per heavy atom. The molecule has 2 aromatic rings. The number of nitrogens with zero attached hydrogens (tertiary/aromatic N) is 1. The number of imidazole rings is 1. The van der Waals surface area contributed by atoms with Crippen molar-refractivity contribution in [3.63, 3.8) is 0 Å². The molecule has 0 fully saturated rings. The number of carboxylic acids is 1. The molecule has 0 aliphatic heterocycles. The van der Waals surface area contributed by atoms with Gasteiger partial charge in [-0.1, -0.05) is 19.1 Å². The van der Waals surface area contributed by atoms with Crippen LogP contribution in [0.3, 0.4) is 0 Å². The number of hydrogen-bond acceptors (Lipinski definition) is 3. The largest absolute Gasteiger partial charge is 0.480 e. The van der Waals surface area contributed by atoms with Gasteiger partial charge in [0.2, 0.25) is 5.91 Å². The fraction of sp³-hybridized carbons (Fsp3) is 0.357. The number of aromatic amines is 1. The van der Waals surface area contributed by atoms with Gasteiger partial charge in [0.1, 0.15) is 11.9 Å². The normalized spacial score (nSPS) is 12.2.